The van der Waals surface area contributed by atoms with Crippen molar-refractivity contribution in [2.45, 2.75) is 29.9 Å². The standard InChI is InChI=1S/C41H36BrN3O5S/c1-2-3-26-50-41(49)31-16-20-33(21-17-31)44-40(48)37(29-10-6-4-7-11-29)51-35-24-22-34(23-25-35)43-39(47)36(27-28-14-18-32(42)19-15-28)45-38(46)30-12-8-5-9-13-30/h4-25,27,37H,2-3,26H2,1H3,(H,43,47)(H,44,48)(H,45,46)/b36-27-. The third-order valence-corrected chi connectivity index (χ3v) is 9.33. The van der Waals surface area contributed by atoms with Gasteiger partial charge >= 0.3 is 5.97 Å². The summed E-state index contributed by atoms with van der Waals surface area (Å²) < 4.78 is 6.17. The highest BCUT2D eigenvalue weighted by Crippen LogP contribution is 2.37. The Kier molecular flexibility index (Phi) is 13.4. The molecule has 0 aliphatic rings. The Hall–Kier alpha value is -5.45. The fourth-order valence-corrected chi connectivity index (χ4v) is 6.10. The van der Waals surface area contributed by atoms with Crippen LogP contribution in [0.15, 0.2) is 149 Å². The second-order valence-corrected chi connectivity index (χ2v) is 13.5. The van der Waals surface area contributed by atoms with Crippen LogP contribution in [0.25, 0.3) is 6.08 Å². The van der Waals surface area contributed by atoms with Crippen LogP contribution in [0, 0.1) is 0 Å². The van der Waals surface area contributed by atoms with Gasteiger partial charge in [0, 0.05) is 26.3 Å². The minimum absolute atomic E-state index is 0.0758. The summed E-state index contributed by atoms with van der Waals surface area (Å²) in [5, 5.41) is 7.99. The summed E-state index contributed by atoms with van der Waals surface area (Å²) in [4.78, 5) is 53.2. The second kappa shape index (κ2) is 18.5. The number of rotatable bonds is 14. The van der Waals surface area contributed by atoms with E-state index in [1.54, 1.807) is 66.7 Å². The Morgan fingerprint density at radius 2 is 1.33 bits per heavy atom. The molecule has 51 heavy (non-hydrogen) atoms. The maximum Gasteiger partial charge on any atom is 0.338 e. The van der Waals surface area contributed by atoms with Crippen LogP contribution in [0.2, 0.25) is 0 Å². The highest BCUT2D eigenvalue weighted by atomic mass is 79.9. The summed E-state index contributed by atoms with van der Waals surface area (Å²) in [5.74, 6) is -1.54. The minimum atomic E-state index is -0.598. The van der Waals surface area contributed by atoms with Crippen molar-refractivity contribution in [2.24, 2.45) is 0 Å². The fourth-order valence-electron chi connectivity index (χ4n) is 4.81. The number of esters is 1. The molecule has 1 atom stereocenters. The number of ether oxygens (including phenoxy) is 1. The lowest BCUT2D eigenvalue weighted by Crippen LogP contribution is -2.30. The molecule has 0 spiro atoms. The van der Waals surface area contributed by atoms with Crippen molar-refractivity contribution in [1.82, 2.24) is 5.32 Å². The molecule has 0 aliphatic heterocycles. The Balaban J connectivity index is 1.28. The Morgan fingerprint density at radius 1 is 0.725 bits per heavy atom. The third kappa shape index (κ3) is 11.0. The first-order valence-electron chi connectivity index (χ1n) is 16.3. The number of anilines is 2. The monoisotopic (exact) mass is 761 g/mol. The number of hydrogen-bond donors (Lipinski definition) is 3. The average molecular weight is 763 g/mol. The van der Waals surface area contributed by atoms with Gasteiger partial charge in [0.15, 0.2) is 0 Å². The maximum absolute atomic E-state index is 13.6. The third-order valence-electron chi connectivity index (χ3n) is 7.54. The molecule has 0 saturated heterocycles. The molecule has 258 valence electrons. The SMILES string of the molecule is CCCCOC(=O)c1ccc(NC(=O)C(Sc2ccc(NC(=O)/C(=C/c3ccc(Br)cc3)NC(=O)c3ccccc3)cc2)c2ccccc2)cc1. The number of unbranched alkanes of at least 4 members (excludes halogenated alkanes) is 1. The van der Waals surface area contributed by atoms with Crippen LogP contribution in [-0.4, -0.2) is 30.3 Å². The molecule has 1 unspecified atom stereocenters. The Labute approximate surface area is 309 Å². The van der Waals surface area contributed by atoms with E-state index >= 15 is 0 Å². The lowest BCUT2D eigenvalue weighted by molar-refractivity contribution is -0.116. The van der Waals surface area contributed by atoms with Crippen LogP contribution in [-0.2, 0) is 14.3 Å². The van der Waals surface area contributed by atoms with Gasteiger partial charge in [0.1, 0.15) is 10.9 Å². The Bertz CT molecular complexity index is 1970. The van der Waals surface area contributed by atoms with Crippen LogP contribution in [0.5, 0.6) is 0 Å². The highest BCUT2D eigenvalue weighted by Gasteiger charge is 2.23. The van der Waals surface area contributed by atoms with Crippen LogP contribution in [0.1, 0.15) is 56.9 Å². The zero-order valence-electron chi connectivity index (χ0n) is 27.8. The molecular formula is C41H36BrN3O5S. The van der Waals surface area contributed by atoms with Crippen molar-refractivity contribution in [3.8, 4) is 0 Å². The number of carbonyl (C=O) groups excluding carboxylic acids is 4. The first-order valence-corrected chi connectivity index (χ1v) is 18.0. The fraction of sp³-hybridized carbons (Fsp3) is 0.122. The smallest absolute Gasteiger partial charge is 0.338 e. The molecule has 0 fully saturated rings. The summed E-state index contributed by atoms with van der Waals surface area (Å²) in [6.07, 6.45) is 3.35. The van der Waals surface area contributed by atoms with E-state index in [0.29, 0.717) is 29.1 Å². The summed E-state index contributed by atoms with van der Waals surface area (Å²) in [6.45, 7) is 2.40. The highest BCUT2D eigenvalue weighted by molar-refractivity contribution is 9.10. The van der Waals surface area contributed by atoms with Gasteiger partial charge in [-0.15, -0.1) is 11.8 Å². The first kappa shape index (κ1) is 36.8. The zero-order chi connectivity index (χ0) is 36.0. The molecule has 0 aromatic heterocycles. The van der Waals surface area contributed by atoms with E-state index in [2.05, 4.69) is 31.9 Å². The summed E-state index contributed by atoms with van der Waals surface area (Å²) in [6, 6.07) is 39.2. The van der Waals surface area contributed by atoms with Crippen LogP contribution in [0.3, 0.4) is 0 Å². The number of halogens is 1. The van der Waals surface area contributed by atoms with Gasteiger partial charge < -0.3 is 20.7 Å². The summed E-state index contributed by atoms with van der Waals surface area (Å²) >= 11 is 4.78. The number of thioether (sulfide) groups is 1. The van der Waals surface area contributed by atoms with E-state index in [9.17, 15) is 19.2 Å². The lowest BCUT2D eigenvalue weighted by Gasteiger charge is -2.18. The average Bonchev–Trinajstić information content (AvgIpc) is 3.16. The van der Waals surface area contributed by atoms with Gasteiger partial charge in [-0.1, -0.05) is 89.9 Å². The van der Waals surface area contributed by atoms with Crippen LogP contribution < -0.4 is 16.0 Å². The van der Waals surface area contributed by atoms with E-state index in [0.717, 1.165) is 33.3 Å². The quantitative estimate of drug-likeness (QED) is 0.0450. The van der Waals surface area contributed by atoms with E-state index < -0.39 is 23.0 Å². The van der Waals surface area contributed by atoms with Gasteiger partial charge in [-0.25, -0.2) is 4.79 Å². The van der Waals surface area contributed by atoms with E-state index in [-0.39, 0.29) is 11.6 Å². The van der Waals surface area contributed by atoms with Gasteiger partial charge in [0.25, 0.3) is 11.8 Å². The zero-order valence-corrected chi connectivity index (χ0v) is 30.2. The van der Waals surface area contributed by atoms with Crippen LogP contribution in [0.4, 0.5) is 11.4 Å². The van der Waals surface area contributed by atoms with Crippen molar-refractivity contribution in [1.29, 1.82) is 0 Å². The lowest BCUT2D eigenvalue weighted by atomic mass is 10.1. The van der Waals surface area contributed by atoms with E-state index in [4.69, 9.17) is 4.74 Å². The first-order chi connectivity index (χ1) is 24.8. The molecule has 0 radical (unpaired) electrons. The van der Waals surface area contributed by atoms with Crippen LogP contribution >= 0.6 is 27.7 Å². The molecule has 10 heteroatoms. The van der Waals surface area contributed by atoms with Crippen molar-refractivity contribution < 1.29 is 23.9 Å². The van der Waals surface area contributed by atoms with Crippen molar-refractivity contribution in [2.75, 3.05) is 17.2 Å². The largest absolute Gasteiger partial charge is 0.462 e. The van der Waals surface area contributed by atoms with Gasteiger partial charge in [-0.3, -0.25) is 14.4 Å². The van der Waals surface area contributed by atoms with Gasteiger partial charge in [-0.2, -0.15) is 0 Å². The number of carbonyl (C=O) groups is 4. The number of hydrogen-bond acceptors (Lipinski definition) is 6. The topological polar surface area (TPSA) is 114 Å². The number of benzene rings is 5. The van der Waals surface area contributed by atoms with Gasteiger partial charge in [0.2, 0.25) is 5.91 Å². The molecule has 8 nitrogen and oxygen atoms in total. The summed E-state index contributed by atoms with van der Waals surface area (Å²) in [7, 11) is 0. The molecule has 5 aromatic rings. The number of amides is 3. The Morgan fingerprint density at radius 3 is 1.98 bits per heavy atom. The predicted molar refractivity (Wildman–Crippen MR) is 206 cm³/mol. The molecule has 0 heterocycles. The minimum Gasteiger partial charge on any atom is -0.462 e. The molecular weight excluding hydrogens is 726 g/mol. The van der Waals surface area contributed by atoms with Crippen molar-refractivity contribution in [3.63, 3.8) is 0 Å². The van der Waals surface area contributed by atoms with E-state index in [1.807, 2.05) is 79.7 Å². The van der Waals surface area contributed by atoms with Gasteiger partial charge in [-0.05, 0) is 96.4 Å². The molecule has 3 amide bonds. The predicted octanol–water partition coefficient (Wildman–Crippen LogP) is 9.29. The van der Waals surface area contributed by atoms with Gasteiger partial charge in [0.05, 0.1) is 12.2 Å². The molecule has 0 saturated carbocycles. The molecule has 5 aromatic carbocycles. The van der Waals surface area contributed by atoms with Crippen molar-refractivity contribution in [3.05, 3.63) is 166 Å². The molecule has 3 N–H and O–H groups in total. The summed E-state index contributed by atoms with van der Waals surface area (Å²) in [5.41, 5.74) is 3.52. The maximum atomic E-state index is 13.6. The van der Waals surface area contributed by atoms with Crippen molar-refractivity contribution >= 4 is 68.8 Å². The molecule has 5 rings (SSSR count). The second-order valence-electron chi connectivity index (χ2n) is 11.4. The van der Waals surface area contributed by atoms with E-state index in [1.165, 1.54) is 11.8 Å². The normalized spacial score (nSPS) is 11.6. The molecule has 0 aliphatic carbocycles. The molecule has 0 bridgehead atoms. The number of nitrogens with one attached hydrogen (secondary N) is 3.